The Morgan fingerprint density at radius 3 is 2.20 bits per heavy atom. The molecule has 1 rings (SSSR count). The van der Waals surface area contributed by atoms with Gasteiger partial charge in [0.15, 0.2) is 5.78 Å². The van der Waals surface area contributed by atoms with Gasteiger partial charge in [-0.2, -0.15) is 0 Å². The molecule has 1 atom stereocenters. The fraction of sp³-hybridized carbons (Fsp3) is 0.438. The summed E-state index contributed by atoms with van der Waals surface area (Å²) in [6.07, 6.45) is 1.81. The lowest BCUT2D eigenvalue weighted by Gasteiger charge is -2.21. The lowest BCUT2D eigenvalue weighted by atomic mass is 9.91. The molecule has 0 aliphatic heterocycles. The second kappa shape index (κ2) is 7.20. The van der Waals surface area contributed by atoms with Gasteiger partial charge in [0.1, 0.15) is 5.82 Å². The first-order valence-corrected chi connectivity index (χ1v) is 6.60. The predicted molar refractivity (Wildman–Crippen MR) is 80.1 cm³/mol. The third-order valence-corrected chi connectivity index (χ3v) is 2.98. The number of carbonyl (C=O) groups excluding carboxylic acids is 1. The van der Waals surface area contributed by atoms with E-state index in [9.17, 15) is 9.18 Å². The average Bonchev–Trinajstić information content (AvgIpc) is 2.35. The summed E-state index contributed by atoms with van der Waals surface area (Å²) in [5.74, 6) is -0.494. The van der Waals surface area contributed by atoms with E-state index in [2.05, 4.69) is 0 Å². The molecule has 0 aromatic heterocycles. The zero-order valence-corrected chi connectivity index (χ0v) is 12.9. The number of Topliss-reactive ketones (excluding diaryl/α,β-unsaturated/α-hetero) is 1. The number of halogens is 1. The fourth-order valence-corrected chi connectivity index (χ4v) is 2.13. The number of nitrogens with zero attached hydrogens (tertiary/aromatic N) is 2. The molecular weight excluding hydrogens is 255 g/mol. The quantitative estimate of drug-likeness (QED) is 0.747. The predicted octanol–water partition coefficient (Wildman–Crippen LogP) is 2.51. The standard InChI is InChI=1S/C16H23FN2O/c1-12(10-18(2)3)16(20)15(11-19(4)5)13-6-8-14(17)9-7-13/h6-10,15H,11H2,1-5H3. The topological polar surface area (TPSA) is 23.6 Å². The summed E-state index contributed by atoms with van der Waals surface area (Å²) in [4.78, 5) is 16.4. The summed E-state index contributed by atoms with van der Waals surface area (Å²) >= 11 is 0. The molecule has 20 heavy (non-hydrogen) atoms. The van der Waals surface area contributed by atoms with Crippen LogP contribution in [0.2, 0.25) is 0 Å². The van der Waals surface area contributed by atoms with Gasteiger partial charge in [-0.05, 0) is 38.7 Å². The summed E-state index contributed by atoms with van der Waals surface area (Å²) in [6.45, 7) is 2.41. The highest BCUT2D eigenvalue weighted by Crippen LogP contribution is 2.21. The maximum atomic E-state index is 13.0. The van der Waals surface area contributed by atoms with Gasteiger partial charge in [0.05, 0.1) is 5.92 Å². The number of ketones is 1. The first-order chi connectivity index (χ1) is 9.31. The van der Waals surface area contributed by atoms with Crippen molar-refractivity contribution in [3.63, 3.8) is 0 Å². The molecule has 0 aliphatic carbocycles. The van der Waals surface area contributed by atoms with E-state index in [0.717, 1.165) is 5.56 Å². The van der Waals surface area contributed by atoms with Crippen LogP contribution in [0.1, 0.15) is 18.4 Å². The SMILES string of the molecule is CC(=CN(C)C)C(=O)C(CN(C)C)c1ccc(F)cc1. The van der Waals surface area contributed by atoms with Crippen LogP contribution in [0.5, 0.6) is 0 Å². The van der Waals surface area contributed by atoms with Crippen molar-refractivity contribution in [2.75, 3.05) is 34.7 Å². The Balaban J connectivity index is 3.06. The molecule has 0 radical (unpaired) electrons. The van der Waals surface area contributed by atoms with Crippen molar-refractivity contribution in [1.82, 2.24) is 9.80 Å². The Hall–Kier alpha value is -1.68. The molecule has 110 valence electrons. The van der Waals surface area contributed by atoms with Crippen molar-refractivity contribution >= 4 is 5.78 Å². The lowest BCUT2D eigenvalue weighted by molar-refractivity contribution is -0.117. The van der Waals surface area contributed by atoms with E-state index in [4.69, 9.17) is 0 Å². The van der Waals surface area contributed by atoms with Crippen LogP contribution >= 0.6 is 0 Å². The van der Waals surface area contributed by atoms with Crippen molar-refractivity contribution in [2.24, 2.45) is 0 Å². The highest BCUT2D eigenvalue weighted by Gasteiger charge is 2.22. The fourth-order valence-electron chi connectivity index (χ4n) is 2.13. The van der Waals surface area contributed by atoms with Gasteiger partial charge in [-0.15, -0.1) is 0 Å². The van der Waals surface area contributed by atoms with E-state index >= 15 is 0 Å². The largest absolute Gasteiger partial charge is 0.383 e. The molecule has 1 aromatic rings. The molecule has 0 saturated carbocycles. The molecule has 0 aliphatic rings. The van der Waals surface area contributed by atoms with Crippen molar-refractivity contribution in [2.45, 2.75) is 12.8 Å². The van der Waals surface area contributed by atoms with Crippen molar-refractivity contribution in [3.05, 3.63) is 47.4 Å². The Morgan fingerprint density at radius 1 is 1.20 bits per heavy atom. The van der Waals surface area contributed by atoms with E-state index < -0.39 is 0 Å². The summed E-state index contributed by atoms with van der Waals surface area (Å²) in [6, 6.07) is 6.17. The summed E-state index contributed by atoms with van der Waals surface area (Å²) in [5, 5.41) is 0. The Bertz CT molecular complexity index is 478. The minimum Gasteiger partial charge on any atom is -0.383 e. The zero-order chi connectivity index (χ0) is 15.3. The van der Waals surface area contributed by atoms with Crippen LogP contribution in [0.15, 0.2) is 36.0 Å². The zero-order valence-electron chi connectivity index (χ0n) is 12.9. The van der Waals surface area contributed by atoms with Crippen LogP contribution in [0.4, 0.5) is 4.39 Å². The minimum absolute atomic E-state index is 0.0685. The van der Waals surface area contributed by atoms with E-state index in [-0.39, 0.29) is 17.5 Å². The first-order valence-electron chi connectivity index (χ1n) is 6.60. The number of likely N-dealkylation sites (N-methyl/N-ethyl adjacent to an activating group) is 1. The Kier molecular flexibility index (Phi) is 5.89. The first kappa shape index (κ1) is 16.4. The molecule has 0 bridgehead atoms. The van der Waals surface area contributed by atoms with Gasteiger partial charge in [-0.1, -0.05) is 12.1 Å². The normalized spacial score (nSPS) is 13.4. The van der Waals surface area contributed by atoms with Gasteiger partial charge in [0.2, 0.25) is 0 Å². The number of benzene rings is 1. The van der Waals surface area contributed by atoms with Crippen LogP contribution in [0.25, 0.3) is 0 Å². The third-order valence-electron chi connectivity index (χ3n) is 2.98. The highest BCUT2D eigenvalue weighted by atomic mass is 19.1. The van der Waals surface area contributed by atoms with Crippen molar-refractivity contribution in [1.29, 1.82) is 0 Å². The van der Waals surface area contributed by atoms with Crippen LogP contribution in [-0.2, 0) is 4.79 Å². The maximum Gasteiger partial charge on any atom is 0.168 e. The lowest BCUT2D eigenvalue weighted by Crippen LogP contribution is -2.27. The third kappa shape index (κ3) is 4.78. The van der Waals surface area contributed by atoms with Gasteiger partial charge in [-0.25, -0.2) is 4.39 Å². The molecule has 0 saturated heterocycles. The monoisotopic (exact) mass is 278 g/mol. The second-order valence-corrected chi connectivity index (χ2v) is 5.51. The Morgan fingerprint density at radius 2 is 1.75 bits per heavy atom. The molecule has 4 heteroatoms. The van der Waals surface area contributed by atoms with E-state index in [1.54, 1.807) is 12.1 Å². The van der Waals surface area contributed by atoms with E-state index in [1.165, 1.54) is 12.1 Å². The van der Waals surface area contributed by atoms with Gasteiger partial charge in [0.25, 0.3) is 0 Å². The highest BCUT2D eigenvalue weighted by molar-refractivity contribution is 6.00. The summed E-state index contributed by atoms with van der Waals surface area (Å²) in [7, 11) is 7.62. The number of carbonyl (C=O) groups is 1. The number of allylic oxidation sites excluding steroid dienone is 1. The average molecular weight is 278 g/mol. The van der Waals surface area contributed by atoms with Gasteiger partial charge in [-0.3, -0.25) is 4.79 Å². The van der Waals surface area contributed by atoms with Gasteiger partial charge in [0, 0.05) is 32.4 Å². The molecule has 0 spiro atoms. The van der Waals surface area contributed by atoms with Crippen LogP contribution in [-0.4, -0.2) is 50.3 Å². The molecule has 1 aromatic carbocycles. The van der Waals surface area contributed by atoms with Gasteiger partial charge >= 0.3 is 0 Å². The van der Waals surface area contributed by atoms with Gasteiger partial charge < -0.3 is 9.80 Å². The molecule has 0 fully saturated rings. The molecule has 0 heterocycles. The summed E-state index contributed by atoms with van der Waals surface area (Å²) < 4.78 is 13.0. The number of hydrogen-bond acceptors (Lipinski definition) is 3. The Labute approximate surface area is 120 Å². The van der Waals surface area contributed by atoms with Crippen LogP contribution in [0, 0.1) is 5.82 Å². The van der Waals surface area contributed by atoms with Crippen LogP contribution < -0.4 is 0 Å². The van der Waals surface area contributed by atoms with Crippen LogP contribution in [0.3, 0.4) is 0 Å². The van der Waals surface area contributed by atoms with E-state index in [1.807, 2.05) is 51.1 Å². The maximum absolute atomic E-state index is 13.0. The van der Waals surface area contributed by atoms with Crippen molar-refractivity contribution < 1.29 is 9.18 Å². The molecule has 0 amide bonds. The molecular formula is C16H23FN2O. The number of hydrogen-bond donors (Lipinski definition) is 0. The molecule has 0 N–H and O–H groups in total. The smallest absolute Gasteiger partial charge is 0.168 e. The van der Waals surface area contributed by atoms with Crippen molar-refractivity contribution in [3.8, 4) is 0 Å². The summed E-state index contributed by atoms with van der Waals surface area (Å²) in [5.41, 5.74) is 1.54. The number of rotatable bonds is 6. The van der Waals surface area contributed by atoms with E-state index in [0.29, 0.717) is 12.1 Å². The second-order valence-electron chi connectivity index (χ2n) is 5.51. The molecule has 1 unspecified atom stereocenters. The minimum atomic E-state index is -0.287. The molecule has 3 nitrogen and oxygen atoms in total.